The molecular weight excluding hydrogens is 331 g/mol. The second-order valence-electron chi connectivity index (χ2n) is 2.76. The quantitative estimate of drug-likeness (QED) is 0.786. The van der Waals surface area contributed by atoms with Gasteiger partial charge in [-0.15, -0.1) is 0 Å². The van der Waals surface area contributed by atoms with Crippen LogP contribution in [0.2, 0.25) is 5.02 Å². The fraction of sp³-hybridized carbons (Fsp3) is 0.111. The van der Waals surface area contributed by atoms with Gasteiger partial charge in [-0.1, -0.05) is 23.7 Å². The van der Waals surface area contributed by atoms with Crippen LogP contribution in [0, 0.1) is 3.83 Å². The summed E-state index contributed by atoms with van der Waals surface area (Å²) in [6.07, 6.45) is 0.807. The van der Waals surface area contributed by atoms with E-state index in [4.69, 9.17) is 11.6 Å². The average molecular weight is 337 g/mol. The molecule has 5 heteroatoms. The molecule has 1 heterocycles. The highest BCUT2D eigenvalue weighted by Crippen LogP contribution is 2.16. The van der Waals surface area contributed by atoms with Crippen molar-refractivity contribution in [2.75, 3.05) is 0 Å². The van der Waals surface area contributed by atoms with Gasteiger partial charge in [0.15, 0.2) is 0 Å². The zero-order chi connectivity index (χ0) is 9.97. The number of hydrogen-bond acceptors (Lipinski definition) is 3. The minimum Gasteiger partial charge on any atom is -0.214 e. The Labute approximate surface area is 105 Å². The van der Waals surface area contributed by atoms with Gasteiger partial charge in [-0.2, -0.15) is 4.37 Å². The van der Waals surface area contributed by atoms with Crippen molar-refractivity contribution in [1.82, 2.24) is 9.36 Å². The highest BCUT2D eigenvalue weighted by molar-refractivity contribution is 14.1. The fourth-order valence-electron chi connectivity index (χ4n) is 1.13. The standard InChI is InChI=1S/C9H6ClIN2S/c10-7-3-1-2-6(4-7)5-8-12-9(11)13-14-8/h1-4H,5H2. The number of hydrogen-bond donors (Lipinski definition) is 0. The summed E-state index contributed by atoms with van der Waals surface area (Å²) in [7, 11) is 0. The molecule has 0 amide bonds. The Morgan fingerprint density at radius 1 is 1.43 bits per heavy atom. The van der Waals surface area contributed by atoms with Gasteiger partial charge in [0.25, 0.3) is 0 Å². The first-order valence-corrected chi connectivity index (χ1v) is 6.19. The molecule has 0 aliphatic heterocycles. The van der Waals surface area contributed by atoms with Gasteiger partial charge < -0.3 is 0 Å². The Kier molecular flexibility index (Phi) is 3.35. The molecule has 0 aliphatic carbocycles. The summed E-state index contributed by atoms with van der Waals surface area (Å²) in [5, 5.41) is 1.79. The lowest BCUT2D eigenvalue weighted by atomic mass is 10.2. The van der Waals surface area contributed by atoms with E-state index in [1.165, 1.54) is 17.1 Å². The number of nitrogens with zero attached hydrogens (tertiary/aromatic N) is 2. The summed E-state index contributed by atoms with van der Waals surface area (Å²) in [5.74, 6) is 0. The number of aromatic nitrogens is 2. The molecule has 14 heavy (non-hydrogen) atoms. The second kappa shape index (κ2) is 4.55. The minimum absolute atomic E-state index is 0.765. The summed E-state index contributed by atoms with van der Waals surface area (Å²) >= 11 is 9.43. The first kappa shape index (κ1) is 10.3. The van der Waals surface area contributed by atoms with Gasteiger partial charge in [0.2, 0.25) is 3.83 Å². The van der Waals surface area contributed by atoms with Gasteiger partial charge >= 0.3 is 0 Å². The lowest BCUT2D eigenvalue weighted by Crippen LogP contribution is -1.86. The van der Waals surface area contributed by atoms with Crippen LogP contribution >= 0.6 is 45.7 Å². The van der Waals surface area contributed by atoms with Gasteiger partial charge in [-0.3, -0.25) is 0 Å². The van der Waals surface area contributed by atoms with Crippen LogP contribution in [0.15, 0.2) is 24.3 Å². The summed E-state index contributed by atoms with van der Waals surface area (Å²) in [6, 6.07) is 7.81. The molecule has 0 saturated heterocycles. The zero-order valence-corrected chi connectivity index (χ0v) is 10.8. The van der Waals surface area contributed by atoms with Gasteiger partial charge in [0, 0.05) is 34.0 Å². The Morgan fingerprint density at radius 2 is 2.29 bits per heavy atom. The van der Waals surface area contributed by atoms with Crippen LogP contribution in [0.1, 0.15) is 10.6 Å². The Balaban J connectivity index is 2.18. The molecule has 0 atom stereocenters. The van der Waals surface area contributed by atoms with Crippen LogP contribution in [-0.2, 0) is 6.42 Å². The number of halogens is 2. The van der Waals surface area contributed by atoms with Crippen molar-refractivity contribution >= 4 is 45.7 Å². The van der Waals surface area contributed by atoms with Crippen LogP contribution < -0.4 is 0 Å². The van der Waals surface area contributed by atoms with Crippen LogP contribution in [0.3, 0.4) is 0 Å². The van der Waals surface area contributed by atoms with Gasteiger partial charge in [-0.25, -0.2) is 4.98 Å². The van der Waals surface area contributed by atoms with Crippen molar-refractivity contribution in [3.05, 3.63) is 43.7 Å². The van der Waals surface area contributed by atoms with Crippen molar-refractivity contribution in [2.45, 2.75) is 6.42 Å². The SMILES string of the molecule is Clc1cccc(Cc2nc(I)ns2)c1. The summed E-state index contributed by atoms with van der Waals surface area (Å²) in [4.78, 5) is 4.29. The van der Waals surface area contributed by atoms with E-state index >= 15 is 0 Å². The maximum absolute atomic E-state index is 5.88. The van der Waals surface area contributed by atoms with Crippen molar-refractivity contribution in [3.63, 3.8) is 0 Å². The Morgan fingerprint density at radius 3 is 2.93 bits per heavy atom. The van der Waals surface area contributed by atoms with E-state index in [1.54, 1.807) is 0 Å². The first-order chi connectivity index (χ1) is 6.74. The van der Waals surface area contributed by atoms with Crippen LogP contribution in [-0.4, -0.2) is 9.36 Å². The largest absolute Gasteiger partial charge is 0.214 e. The molecule has 0 N–H and O–H groups in total. The zero-order valence-electron chi connectivity index (χ0n) is 7.08. The smallest absolute Gasteiger partial charge is 0.203 e. The molecule has 72 valence electrons. The average Bonchev–Trinajstić information content (AvgIpc) is 2.51. The summed E-state index contributed by atoms with van der Waals surface area (Å²) in [5.41, 5.74) is 1.17. The molecule has 0 saturated carbocycles. The second-order valence-corrected chi connectivity index (χ2v) is 5.00. The fourth-order valence-corrected chi connectivity index (χ4v) is 2.67. The lowest BCUT2D eigenvalue weighted by molar-refractivity contribution is 1.10. The minimum atomic E-state index is 0.765. The predicted octanol–water partition coefficient (Wildman–Crippen LogP) is 3.39. The van der Waals surface area contributed by atoms with E-state index in [0.717, 1.165) is 20.3 Å². The van der Waals surface area contributed by atoms with E-state index in [0.29, 0.717) is 0 Å². The molecule has 1 aromatic heterocycles. The summed E-state index contributed by atoms with van der Waals surface area (Å²) < 4.78 is 4.93. The van der Waals surface area contributed by atoms with E-state index < -0.39 is 0 Å². The van der Waals surface area contributed by atoms with Crippen molar-refractivity contribution in [1.29, 1.82) is 0 Å². The van der Waals surface area contributed by atoms with Crippen molar-refractivity contribution in [3.8, 4) is 0 Å². The van der Waals surface area contributed by atoms with Gasteiger partial charge in [0.05, 0.1) is 0 Å². The number of rotatable bonds is 2. The van der Waals surface area contributed by atoms with Crippen molar-refractivity contribution < 1.29 is 0 Å². The molecule has 0 radical (unpaired) electrons. The molecule has 0 fully saturated rings. The van der Waals surface area contributed by atoms with Crippen LogP contribution in [0.5, 0.6) is 0 Å². The molecule has 0 bridgehead atoms. The molecule has 2 nitrogen and oxygen atoms in total. The van der Waals surface area contributed by atoms with Crippen LogP contribution in [0.4, 0.5) is 0 Å². The van der Waals surface area contributed by atoms with E-state index in [2.05, 4.69) is 31.9 Å². The predicted molar refractivity (Wildman–Crippen MR) is 66.9 cm³/mol. The Hall–Kier alpha value is -0.200. The molecule has 1 aromatic carbocycles. The third kappa shape index (κ3) is 2.65. The molecule has 0 spiro atoms. The molecule has 0 aliphatic rings. The first-order valence-electron chi connectivity index (χ1n) is 3.96. The normalized spacial score (nSPS) is 10.4. The van der Waals surface area contributed by atoms with Crippen molar-refractivity contribution in [2.24, 2.45) is 0 Å². The molecule has 2 aromatic rings. The van der Waals surface area contributed by atoms with E-state index in [1.807, 2.05) is 24.3 Å². The molecule has 2 rings (SSSR count). The molecular formula is C9H6ClIN2S. The third-order valence-electron chi connectivity index (χ3n) is 1.69. The Bertz CT molecular complexity index is 444. The van der Waals surface area contributed by atoms with Gasteiger partial charge in [0.1, 0.15) is 5.01 Å². The highest BCUT2D eigenvalue weighted by Gasteiger charge is 2.02. The monoisotopic (exact) mass is 336 g/mol. The number of benzene rings is 1. The highest BCUT2D eigenvalue weighted by atomic mass is 127. The molecule has 0 unspecified atom stereocenters. The van der Waals surface area contributed by atoms with E-state index in [9.17, 15) is 0 Å². The third-order valence-corrected chi connectivity index (χ3v) is 3.44. The van der Waals surface area contributed by atoms with E-state index in [-0.39, 0.29) is 0 Å². The summed E-state index contributed by atoms with van der Waals surface area (Å²) in [6.45, 7) is 0. The van der Waals surface area contributed by atoms with Crippen LogP contribution in [0.25, 0.3) is 0 Å². The maximum Gasteiger partial charge on any atom is 0.203 e. The topological polar surface area (TPSA) is 25.8 Å². The van der Waals surface area contributed by atoms with Gasteiger partial charge in [-0.05, 0) is 29.2 Å². The lowest BCUT2D eigenvalue weighted by Gasteiger charge is -1.97. The maximum atomic E-state index is 5.88.